The van der Waals surface area contributed by atoms with Crippen LogP contribution in [-0.4, -0.2) is 50.9 Å². The van der Waals surface area contributed by atoms with Crippen molar-refractivity contribution in [2.24, 2.45) is 0 Å². The lowest BCUT2D eigenvalue weighted by molar-refractivity contribution is -0.139. The summed E-state index contributed by atoms with van der Waals surface area (Å²) >= 11 is 6.07. The predicted octanol–water partition coefficient (Wildman–Crippen LogP) is 5.33. The number of rotatable bonds is 11. The van der Waals surface area contributed by atoms with E-state index in [4.69, 9.17) is 16.3 Å². The first-order valence-corrected chi connectivity index (χ1v) is 15.5. The number of para-hydroxylation sites is 2. The van der Waals surface area contributed by atoms with E-state index in [9.17, 15) is 18.0 Å². The molecule has 4 rings (SSSR count). The van der Waals surface area contributed by atoms with Crippen LogP contribution in [0.5, 0.6) is 5.75 Å². The van der Waals surface area contributed by atoms with Crippen LogP contribution >= 0.6 is 11.6 Å². The van der Waals surface area contributed by atoms with Crippen LogP contribution < -0.4 is 14.4 Å². The summed E-state index contributed by atoms with van der Waals surface area (Å²) in [6, 6.07) is 19.3. The summed E-state index contributed by atoms with van der Waals surface area (Å²) in [5, 5.41) is 3.61. The van der Waals surface area contributed by atoms with Crippen molar-refractivity contribution in [2.45, 2.75) is 63.1 Å². The highest BCUT2D eigenvalue weighted by Crippen LogP contribution is 2.32. The van der Waals surface area contributed by atoms with Crippen LogP contribution in [0.15, 0.2) is 77.7 Å². The fourth-order valence-electron chi connectivity index (χ4n) is 4.95. The molecule has 0 aromatic heterocycles. The first-order chi connectivity index (χ1) is 19.6. The van der Waals surface area contributed by atoms with Gasteiger partial charge in [0.2, 0.25) is 11.8 Å². The number of aryl methyl sites for hydroxylation is 1. The second-order valence-electron chi connectivity index (χ2n) is 10.3. The SMILES string of the molecule is COc1ccccc1N(CC(=O)N(Cc1ccc(Cl)cc1)C(C)C(=O)NC1CCCC1)S(=O)(=O)c1ccc(C)cc1. The van der Waals surface area contributed by atoms with Gasteiger partial charge in [-0.2, -0.15) is 0 Å². The Morgan fingerprint density at radius 1 is 1.00 bits per heavy atom. The van der Waals surface area contributed by atoms with E-state index in [0.29, 0.717) is 10.8 Å². The molecule has 3 aromatic carbocycles. The number of nitrogens with one attached hydrogen (secondary N) is 1. The summed E-state index contributed by atoms with van der Waals surface area (Å²) in [5.41, 5.74) is 1.88. The van der Waals surface area contributed by atoms with Gasteiger partial charge in [0.25, 0.3) is 10.0 Å². The summed E-state index contributed by atoms with van der Waals surface area (Å²) in [6.07, 6.45) is 3.91. The molecule has 1 fully saturated rings. The number of ether oxygens (including phenoxy) is 1. The number of nitrogens with zero attached hydrogens (tertiary/aromatic N) is 2. The molecule has 2 amide bonds. The fraction of sp³-hybridized carbons (Fsp3) is 0.355. The highest BCUT2D eigenvalue weighted by Gasteiger charge is 2.34. The van der Waals surface area contributed by atoms with Crippen molar-refractivity contribution >= 4 is 39.1 Å². The number of sulfonamides is 1. The van der Waals surface area contributed by atoms with Gasteiger partial charge >= 0.3 is 0 Å². The Balaban J connectivity index is 1.71. The molecule has 1 aliphatic rings. The van der Waals surface area contributed by atoms with Gasteiger partial charge < -0.3 is 15.0 Å². The van der Waals surface area contributed by atoms with Crippen molar-refractivity contribution in [3.05, 3.63) is 88.9 Å². The predicted molar refractivity (Wildman–Crippen MR) is 161 cm³/mol. The van der Waals surface area contributed by atoms with E-state index >= 15 is 0 Å². The van der Waals surface area contributed by atoms with Gasteiger partial charge in [-0.05, 0) is 68.7 Å². The average Bonchev–Trinajstić information content (AvgIpc) is 3.48. The highest BCUT2D eigenvalue weighted by atomic mass is 35.5. The van der Waals surface area contributed by atoms with E-state index in [1.54, 1.807) is 67.6 Å². The lowest BCUT2D eigenvalue weighted by atomic mass is 10.1. The van der Waals surface area contributed by atoms with Crippen molar-refractivity contribution in [3.63, 3.8) is 0 Å². The highest BCUT2D eigenvalue weighted by molar-refractivity contribution is 7.92. The van der Waals surface area contributed by atoms with Crippen molar-refractivity contribution < 1.29 is 22.7 Å². The molecule has 0 bridgehead atoms. The molecule has 1 saturated carbocycles. The summed E-state index contributed by atoms with van der Waals surface area (Å²) in [5.74, 6) is -0.507. The van der Waals surface area contributed by atoms with Gasteiger partial charge in [-0.1, -0.05) is 66.4 Å². The Morgan fingerprint density at radius 3 is 2.27 bits per heavy atom. The molecule has 1 aliphatic carbocycles. The molecule has 218 valence electrons. The summed E-state index contributed by atoms with van der Waals surface area (Å²) < 4.78 is 34.5. The Morgan fingerprint density at radius 2 is 1.63 bits per heavy atom. The van der Waals surface area contributed by atoms with E-state index in [1.807, 2.05) is 6.92 Å². The van der Waals surface area contributed by atoms with E-state index in [-0.39, 0.29) is 29.1 Å². The number of halogens is 1. The third kappa shape index (κ3) is 7.40. The van der Waals surface area contributed by atoms with Crippen molar-refractivity contribution in [1.82, 2.24) is 10.2 Å². The minimum absolute atomic E-state index is 0.0399. The Bertz CT molecular complexity index is 1460. The van der Waals surface area contributed by atoms with Gasteiger partial charge in [0.15, 0.2) is 0 Å². The van der Waals surface area contributed by atoms with Gasteiger partial charge in [0.1, 0.15) is 18.3 Å². The van der Waals surface area contributed by atoms with Crippen LogP contribution in [0.1, 0.15) is 43.7 Å². The second kappa shape index (κ2) is 13.4. The van der Waals surface area contributed by atoms with Crippen LogP contribution in [0.25, 0.3) is 0 Å². The zero-order chi connectivity index (χ0) is 29.6. The maximum absolute atomic E-state index is 14.1. The smallest absolute Gasteiger partial charge is 0.264 e. The van der Waals surface area contributed by atoms with Gasteiger partial charge in [-0.15, -0.1) is 0 Å². The standard InChI is InChI=1S/C31H36ClN3O5S/c1-22-12-18-27(19-13-22)41(38,39)35(28-10-6-7-11-29(28)40-3)21-30(36)34(20-24-14-16-25(32)17-15-24)23(2)31(37)33-26-8-4-5-9-26/h6-7,10-19,23,26H,4-5,8-9,20-21H2,1-3H3,(H,33,37). The summed E-state index contributed by atoms with van der Waals surface area (Å²) in [6.45, 7) is 3.09. The van der Waals surface area contributed by atoms with Crippen LogP contribution in [0.2, 0.25) is 5.02 Å². The molecule has 0 saturated heterocycles. The minimum Gasteiger partial charge on any atom is -0.495 e. The quantitative estimate of drug-likeness (QED) is 0.322. The number of hydrogen-bond donors (Lipinski definition) is 1. The monoisotopic (exact) mass is 597 g/mol. The third-order valence-corrected chi connectivity index (χ3v) is 9.40. The minimum atomic E-state index is -4.19. The molecule has 0 heterocycles. The number of methoxy groups -OCH3 is 1. The van der Waals surface area contributed by atoms with Crippen LogP contribution in [-0.2, 0) is 26.2 Å². The molecule has 10 heteroatoms. The number of benzene rings is 3. The van der Waals surface area contributed by atoms with Gasteiger partial charge in [-0.25, -0.2) is 8.42 Å². The number of carbonyl (C=O) groups excluding carboxylic acids is 2. The number of hydrogen-bond acceptors (Lipinski definition) is 5. The van der Waals surface area contributed by atoms with Crippen LogP contribution in [0.3, 0.4) is 0 Å². The Hall–Kier alpha value is -3.56. The summed E-state index contributed by atoms with van der Waals surface area (Å²) in [7, 11) is -2.74. The molecular formula is C31H36ClN3O5S. The normalized spacial score (nSPS) is 14.3. The number of carbonyl (C=O) groups is 2. The largest absolute Gasteiger partial charge is 0.495 e. The van der Waals surface area contributed by atoms with Gasteiger partial charge in [0.05, 0.1) is 17.7 Å². The van der Waals surface area contributed by atoms with E-state index < -0.39 is 28.5 Å². The van der Waals surface area contributed by atoms with E-state index in [0.717, 1.165) is 41.1 Å². The number of amides is 2. The summed E-state index contributed by atoms with van der Waals surface area (Å²) in [4.78, 5) is 28.9. The lowest BCUT2D eigenvalue weighted by Crippen LogP contribution is -2.52. The molecular weight excluding hydrogens is 562 g/mol. The molecule has 0 spiro atoms. The maximum atomic E-state index is 14.1. The van der Waals surface area contributed by atoms with Gasteiger partial charge in [-0.3, -0.25) is 13.9 Å². The third-order valence-electron chi connectivity index (χ3n) is 7.38. The molecule has 1 unspecified atom stereocenters. The average molecular weight is 598 g/mol. The lowest BCUT2D eigenvalue weighted by Gasteiger charge is -2.32. The topological polar surface area (TPSA) is 96.0 Å². The van der Waals surface area contributed by atoms with Crippen LogP contribution in [0, 0.1) is 6.92 Å². The Kier molecular flexibility index (Phi) is 9.94. The van der Waals surface area contributed by atoms with Crippen molar-refractivity contribution in [3.8, 4) is 5.75 Å². The first kappa shape index (κ1) is 30.4. The number of anilines is 1. The van der Waals surface area contributed by atoms with Crippen molar-refractivity contribution in [1.29, 1.82) is 0 Å². The Labute approximate surface area is 247 Å². The zero-order valence-corrected chi connectivity index (χ0v) is 25.1. The second-order valence-corrected chi connectivity index (χ2v) is 12.6. The molecule has 0 radical (unpaired) electrons. The molecule has 41 heavy (non-hydrogen) atoms. The molecule has 8 nitrogen and oxygen atoms in total. The fourth-order valence-corrected chi connectivity index (χ4v) is 6.50. The van der Waals surface area contributed by atoms with E-state index in [1.165, 1.54) is 24.1 Å². The molecule has 1 N–H and O–H groups in total. The molecule has 1 atom stereocenters. The van der Waals surface area contributed by atoms with Crippen molar-refractivity contribution in [2.75, 3.05) is 18.0 Å². The molecule has 0 aliphatic heterocycles. The van der Waals surface area contributed by atoms with E-state index in [2.05, 4.69) is 5.32 Å². The van der Waals surface area contributed by atoms with Gasteiger partial charge in [0, 0.05) is 17.6 Å². The van der Waals surface area contributed by atoms with Crippen LogP contribution in [0.4, 0.5) is 5.69 Å². The first-order valence-electron chi connectivity index (χ1n) is 13.7. The maximum Gasteiger partial charge on any atom is 0.264 e. The zero-order valence-electron chi connectivity index (χ0n) is 23.5. The molecule has 3 aromatic rings.